The zero-order valence-corrected chi connectivity index (χ0v) is 16.4. The van der Waals surface area contributed by atoms with Gasteiger partial charge in [0.25, 0.3) is 0 Å². The molecule has 0 saturated carbocycles. The van der Waals surface area contributed by atoms with Crippen molar-refractivity contribution in [2.24, 2.45) is 5.10 Å². The van der Waals surface area contributed by atoms with Crippen LogP contribution in [0.1, 0.15) is 17.5 Å². The van der Waals surface area contributed by atoms with E-state index in [9.17, 15) is 14.7 Å². The number of aryl methyl sites for hydroxylation is 1. The fraction of sp³-hybridized carbons (Fsp3) is 0.167. The fourth-order valence-corrected chi connectivity index (χ4v) is 2.66. The molecule has 26 heavy (non-hydrogen) atoms. The van der Waals surface area contributed by atoms with Crippen molar-refractivity contribution >= 4 is 46.3 Å². The van der Waals surface area contributed by atoms with Crippen LogP contribution in [0.4, 0.5) is 5.69 Å². The molecule has 0 atom stereocenters. The topological polar surface area (TPSA) is 100 Å². The SMILES string of the molecule is COc1cc(/C=N/NC(=O)CC(=O)Nc2ccc(C)cc2)cc(I)c1O. The first-order valence-electron chi connectivity index (χ1n) is 7.64. The summed E-state index contributed by atoms with van der Waals surface area (Å²) in [4.78, 5) is 23.6. The van der Waals surface area contributed by atoms with E-state index in [1.807, 2.05) is 41.6 Å². The first-order valence-corrected chi connectivity index (χ1v) is 8.72. The van der Waals surface area contributed by atoms with Gasteiger partial charge in [0.1, 0.15) is 6.42 Å². The van der Waals surface area contributed by atoms with Gasteiger partial charge in [0.2, 0.25) is 11.8 Å². The van der Waals surface area contributed by atoms with Crippen LogP contribution in [0.15, 0.2) is 41.5 Å². The van der Waals surface area contributed by atoms with Gasteiger partial charge in [0.05, 0.1) is 16.9 Å². The van der Waals surface area contributed by atoms with Gasteiger partial charge in [-0.1, -0.05) is 17.7 Å². The van der Waals surface area contributed by atoms with Gasteiger partial charge in [0, 0.05) is 5.69 Å². The molecule has 0 spiro atoms. The van der Waals surface area contributed by atoms with Crippen molar-refractivity contribution in [1.82, 2.24) is 5.43 Å². The molecule has 0 heterocycles. The highest BCUT2D eigenvalue weighted by Gasteiger charge is 2.10. The molecule has 0 aliphatic carbocycles. The maximum Gasteiger partial charge on any atom is 0.249 e. The van der Waals surface area contributed by atoms with Crippen LogP contribution in [0, 0.1) is 10.5 Å². The number of phenolic OH excluding ortho intramolecular Hbond substituents is 1. The van der Waals surface area contributed by atoms with Crippen LogP contribution in [0.2, 0.25) is 0 Å². The minimum atomic E-state index is -0.536. The number of benzene rings is 2. The van der Waals surface area contributed by atoms with E-state index in [2.05, 4.69) is 15.8 Å². The van der Waals surface area contributed by atoms with Crippen molar-refractivity contribution in [3.63, 3.8) is 0 Å². The van der Waals surface area contributed by atoms with Crippen LogP contribution < -0.4 is 15.5 Å². The van der Waals surface area contributed by atoms with Crippen LogP contribution in [0.25, 0.3) is 0 Å². The molecule has 7 nitrogen and oxygen atoms in total. The highest BCUT2D eigenvalue weighted by molar-refractivity contribution is 14.1. The zero-order valence-electron chi connectivity index (χ0n) is 14.2. The molecule has 2 rings (SSSR count). The number of carbonyl (C=O) groups excluding carboxylic acids is 2. The van der Waals surface area contributed by atoms with E-state index < -0.39 is 11.8 Å². The number of hydrogen-bond acceptors (Lipinski definition) is 5. The Morgan fingerprint density at radius 2 is 1.92 bits per heavy atom. The number of methoxy groups -OCH3 is 1. The number of hydrazone groups is 1. The molecule has 2 aromatic carbocycles. The molecule has 2 amide bonds. The highest BCUT2D eigenvalue weighted by Crippen LogP contribution is 2.31. The van der Waals surface area contributed by atoms with Crippen molar-refractivity contribution < 1.29 is 19.4 Å². The quantitative estimate of drug-likeness (QED) is 0.263. The number of rotatable bonds is 6. The third-order valence-corrected chi connectivity index (χ3v) is 4.15. The van der Waals surface area contributed by atoms with E-state index in [4.69, 9.17) is 4.74 Å². The Morgan fingerprint density at radius 1 is 1.23 bits per heavy atom. The molecule has 3 N–H and O–H groups in total. The predicted molar refractivity (Wildman–Crippen MR) is 108 cm³/mol. The van der Waals surface area contributed by atoms with Crippen molar-refractivity contribution in [2.75, 3.05) is 12.4 Å². The second-order valence-electron chi connectivity index (χ2n) is 5.44. The summed E-state index contributed by atoms with van der Waals surface area (Å²) in [5.41, 5.74) is 4.63. The van der Waals surface area contributed by atoms with Crippen molar-refractivity contribution in [3.8, 4) is 11.5 Å². The normalized spacial score (nSPS) is 10.6. The van der Waals surface area contributed by atoms with Gasteiger partial charge in [-0.3, -0.25) is 9.59 Å². The van der Waals surface area contributed by atoms with Crippen LogP contribution in [-0.4, -0.2) is 30.2 Å². The van der Waals surface area contributed by atoms with Crippen LogP contribution in [0.3, 0.4) is 0 Å². The molecule has 0 bridgehead atoms. The Hall–Kier alpha value is -2.62. The zero-order chi connectivity index (χ0) is 19.1. The lowest BCUT2D eigenvalue weighted by Crippen LogP contribution is -2.24. The molecule has 8 heteroatoms. The minimum absolute atomic E-state index is 0.0436. The van der Waals surface area contributed by atoms with Gasteiger partial charge >= 0.3 is 0 Å². The molecule has 0 aromatic heterocycles. The number of nitrogens with one attached hydrogen (secondary N) is 2. The number of aromatic hydroxyl groups is 1. The standard InChI is InChI=1S/C18H18IN3O4/c1-11-3-5-13(6-4-11)21-16(23)9-17(24)22-20-10-12-7-14(19)18(25)15(8-12)26-2/h3-8,10,25H,9H2,1-2H3,(H,21,23)(H,22,24)/b20-10+. The van der Waals surface area contributed by atoms with Crippen molar-refractivity contribution in [1.29, 1.82) is 0 Å². The Labute approximate surface area is 164 Å². The summed E-state index contributed by atoms with van der Waals surface area (Å²) < 4.78 is 5.64. The molecule has 0 fully saturated rings. The summed E-state index contributed by atoms with van der Waals surface area (Å²) >= 11 is 1.96. The monoisotopic (exact) mass is 467 g/mol. The Balaban J connectivity index is 1.88. The van der Waals surface area contributed by atoms with E-state index in [-0.39, 0.29) is 12.2 Å². The molecule has 2 aromatic rings. The van der Waals surface area contributed by atoms with Gasteiger partial charge in [-0.25, -0.2) is 5.43 Å². The van der Waals surface area contributed by atoms with Crippen LogP contribution in [0.5, 0.6) is 11.5 Å². The number of halogens is 1. The third kappa shape index (κ3) is 5.73. The average molecular weight is 467 g/mol. The number of carbonyl (C=O) groups is 2. The number of anilines is 1. The van der Waals surface area contributed by atoms with E-state index in [1.165, 1.54) is 13.3 Å². The summed E-state index contributed by atoms with van der Waals surface area (Å²) in [5, 5.41) is 16.2. The van der Waals surface area contributed by atoms with Gasteiger partial charge in [0.15, 0.2) is 11.5 Å². The fourth-order valence-electron chi connectivity index (χ4n) is 2.03. The molecule has 0 aliphatic rings. The number of nitrogens with zero attached hydrogens (tertiary/aromatic N) is 1. The second kappa shape index (κ2) is 9.18. The lowest BCUT2D eigenvalue weighted by molar-refractivity contribution is -0.126. The molecule has 0 aliphatic heterocycles. The van der Waals surface area contributed by atoms with E-state index in [1.54, 1.807) is 24.3 Å². The highest BCUT2D eigenvalue weighted by atomic mass is 127. The molecule has 0 saturated heterocycles. The van der Waals surface area contributed by atoms with Gasteiger partial charge in [-0.15, -0.1) is 0 Å². The summed E-state index contributed by atoms with van der Waals surface area (Å²) in [6.07, 6.45) is 1.06. The van der Waals surface area contributed by atoms with E-state index in [0.717, 1.165) is 5.56 Å². The maximum absolute atomic E-state index is 11.8. The Bertz CT molecular complexity index is 835. The molecule has 136 valence electrons. The van der Waals surface area contributed by atoms with Crippen molar-refractivity contribution in [2.45, 2.75) is 13.3 Å². The maximum atomic E-state index is 11.8. The summed E-state index contributed by atoms with van der Waals surface area (Å²) in [6, 6.07) is 10.5. The van der Waals surface area contributed by atoms with Gasteiger partial charge in [-0.2, -0.15) is 5.10 Å². The van der Waals surface area contributed by atoms with E-state index >= 15 is 0 Å². The number of hydrogen-bond donors (Lipinski definition) is 3. The Morgan fingerprint density at radius 3 is 2.58 bits per heavy atom. The van der Waals surface area contributed by atoms with E-state index in [0.29, 0.717) is 20.6 Å². The first-order chi connectivity index (χ1) is 12.4. The smallest absolute Gasteiger partial charge is 0.249 e. The first kappa shape index (κ1) is 19.7. The Kier molecular flexibility index (Phi) is 6.96. The van der Waals surface area contributed by atoms with Crippen LogP contribution >= 0.6 is 22.6 Å². The lowest BCUT2D eigenvalue weighted by atomic mass is 10.2. The van der Waals surface area contributed by atoms with Crippen LogP contribution in [-0.2, 0) is 9.59 Å². The third-order valence-electron chi connectivity index (χ3n) is 3.33. The van der Waals surface area contributed by atoms with Gasteiger partial charge < -0.3 is 15.2 Å². The number of ether oxygens (including phenoxy) is 1. The molecule has 0 unspecified atom stereocenters. The van der Waals surface area contributed by atoms with Gasteiger partial charge in [-0.05, 0) is 59.3 Å². The second-order valence-corrected chi connectivity index (χ2v) is 6.60. The number of phenols is 1. The summed E-state index contributed by atoms with van der Waals surface area (Å²) in [7, 11) is 1.44. The molecular formula is C18H18IN3O4. The number of amides is 2. The minimum Gasteiger partial charge on any atom is -0.504 e. The van der Waals surface area contributed by atoms with Crippen molar-refractivity contribution in [3.05, 3.63) is 51.1 Å². The molecule has 0 radical (unpaired) electrons. The average Bonchev–Trinajstić information content (AvgIpc) is 2.59. The largest absolute Gasteiger partial charge is 0.504 e. The predicted octanol–water partition coefficient (Wildman–Crippen LogP) is 2.79. The lowest BCUT2D eigenvalue weighted by Gasteiger charge is -2.06. The summed E-state index contributed by atoms with van der Waals surface area (Å²) in [6.45, 7) is 1.95. The molecular weight excluding hydrogens is 449 g/mol. The summed E-state index contributed by atoms with van der Waals surface area (Å²) in [5.74, 6) is -0.613.